The molecule has 3 heterocycles. The number of benzene rings is 1. The summed E-state index contributed by atoms with van der Waals surface area (Å²) < 4.78 is 27.7. The first-order valence-electron chi connectivity index (χ1n) is 11.2. The van der Waals surface area contributed by atoms with Crippen LogP contribution in [0.2, 0.25) is 0 Å². The summed E-state index contributed by atoms with van der Waals surface area (Å²) in [7, 11) is -3.70. The molecule has 0 saturated carbocycles. The largest absolute Gasteiger partial charge is 0.342 e. The molecule has 0 spiro atoms. The molecule has 1 aromatic rings. The van der Waals surface area contributed by atoms with E-state index in [1.807, 2.05) is 11.8 Å². The third kappa shape index (κ3) is 4.78. The second-order valence-corrected chi connectivity index (χ2v) is 10.7. The van der Waals surface area contributed by atoms with E-state index in [4.69, 9.17) is 0 Å². The third-order valence-electron chi connectivity index (χ3n) is 6.62. The average molecular weight is 449 g/mol. The minimum Gasteiger partial charge on any atom is -0.342 e. The highest BCUT2D eigenvalue weighted by Gasteiger charge is 2.41. The van der Waals surface area contributed by atoms with Crippen molar-refractivity contribution in [2.45, 2.75) is 43.5 Å². The van der Waals surface area contributed by atoms with Crippen LogP contribution in [0.4, 0.5) is 0 Å². The fourth-order valence-electron chi connectivity index (χ4n) is 4.72. The molecule has 1 unspecified atom stereocenters. The highest BCUT2D eigenvalue weighted by atomic mass is 32.2. The van der Waals surface area contributed by atoms with Gasteiger partial charge < -0.3 is 9.80 Å². The molecule has 3 fully saturated rings. The van der Waals surface area contributed by atoms with Crippen molar-refractivity contribution in [1.82, 2.24) is 19.0 Å². The molecule has 9 heteroatoms. The van der Waals surface area contributed by atoms with E-state index >= 15 is 0 Å². The number of carbonyl (C=O) groups is 2. The highest BCUT2D eigenvalue weighted by Crippen LogP contribution is 2.28. The standard InChI is InChI=1S/C22H32N4O4S/c1-18-6-8-19(9-7-18)31(29,30)26-12-4-5-20(26)22(28)25-15-13-23(14-16-25)17-21(27)24-10-2-3-11-24/h6-9,20H,2-5,10-17H2,1H3. The fraction of sp³-hybridized carbons (Fsp3) is 0.636. The monoisotopic (exact) mass is 448 g/mol. The van der Waals surface area contributed by atoms with Gasteiger partial charge in [0.25, 0.3) is 0 Å². The van der Waals surface area contributed by atoms with E-state index in [0.29, 0.717) is 52.1 Å². The molecule has 0 bridgehead atoms. The molecule has 4 rings (SSSR count). The van der Waals surface area contributed by atoms with Crippen LogP contribution in [0.1, 0.15) is 31.2 Å². The van der Waals surface area contributed by atoms with Crippen LogP contribution in [0.5, 0.6) is 0 Å². The van der Waals surface area contributed by atoms with Crippen molar-refractivity contribution in [3.63, 3.8) is 0 Å². The second-order valence-electron chi connectivity index (χ2n) is 8.78. The third-order valence-corrected chi connectivity index (χ3v) is 8.54. The summed E-state index contributed by atoms with van der Waals surface area (Å²) in [5.74, 6) is 0.0575. The van der Waals surface area contributed by atoms with E-state index in [0.717, 1.165) is 31.5 Å². The lowest BCUT2D eigenvalue weighted by Gasteiger charge is -2.37. The first-order valence-corrected chi connectivity index (χ1v) is 12.7. The van der Waals surface area contributed by atoms with Gasteiger partial charge in [0, 0.05) is 45.8 Å². The van der Waals surface area contributed by atoms with Gasteiger partial charge in [0.2, 0.25) is 21.8 Å². The molecule has 3 saturated heterocycles. The molecule has 170 valence electrons. The molecule has 8 nitrogen and oxygen atoms in total. The molecule has 0 radical (unpaired) electrons. The lowest BCUT2D eigenvalue weighted by Crippen LogP contribution is -2.55. The number of likely N-dealkylation sites (tertiary alicyclic amines) is 1. The number of carbonyl (C=O) groups excluding carboxylic acids is 2. The molecule has 31 heavy (non-hydrogen) atoms. The Hall–Kier alpha value is -1.97. The molecular formula is C22H32N4O4S. The van der Waals surface area contributed by atoms with Crippen LogP contribution in [-0.2, 0) is 19.6 Å². The van der Waals surface area contributed by atoms with E-state index < -0.39 is 16.1 Å². The van der Waals surface area contributed by atoms with E-state index in [1.165, 1.54) is 4.31 Å². The van der Waals surface area contributed by atoms with Gasteiger partial charge in [-0.25, -0.2) is 8.42 Å². The topological polar surface area (TPSA) is 81.2 Å². The summed E-state index contributed by atoms with van der Waals surface area (Å²) in [5, 5.41) is 0. The average Bonchev–Trinajstić information content (AvgIpc) is 3.47. The van der Waals surface area contributed by atoms with Crippen molar-refractivity contribution in [2.24, 2.45) is 0 Å². The zero-order chi connectivity index (χ0) is 22.0. The van der Waals surface area contributed by atoms with E-state index in [-0.39, 0.29) is 16.7 Å². The van der Waals surface area contributed by atoms with Crippen LogP contribution in [0.3, 0.4) is 0 Å². The predicted molar refractivity (Wildman–Crippen MR) is 117 cm³/mol. The number of hydrogen-bond donors (Lipinski definition) is 0. The molecule has 3 aliphatic rings. The number of sulfonamides is 1. The Morgan fingerprint density at radius 2 is 1.52 bits per heavy atom. The smallest absolute Gasteiger partial charge is 0.243 e. The summed E-state index contributed by atoms with van der Waals surface area (Å²) in [6.45, 7) is 6.73. The molecular weight excluding hydrogens is 416 g/mol. The van der Waals surface area contributed by atoms with E-state index in [2.05, 4.69) is 4.90 Å². The van der Waals surface area contributed by atoms with Gasteiger partial charge in [0.1, 0.15) is 6.04 Å². The molecule has 1 aromatic carbocycles. The zero-order valence-electron chi connectivity index (χ0n) is 18.2. The van der Waals surface area contributed by atoms with Crippen molar-refractivity contribution in [3.05, 3.63) is 29.8 Å². The Morgan fingerprint density at radius 3 is 2.16 bits per heavy atom. The van der Waals surface area contributed by atoms with Gasteiger partial charge in [0.05, 0.1) is 11.4 Å². The van der Waals surface area contributed by atoms with Crippen LogP contribution < -0.4 is 0 Å². The molecule has 1 atom stereocenters. The second kappa shape index (κ2) is 9.26. The molecule has 0 N–H and O–H groups in total. The number of piperazine rings is 1. The van der Waals surface area contributed by atoms with Crippen LogP contribution in [-0.4, -0.2) is 97.6 Å². The van der Waals surface area contributed by atoms with Gasteiger partial charge in [-0.2, -0.15) is 4.31 Å². The first-order chi connectivity index (χ1) is 14.9. The summed E-state index contributed by atoms with van der Waals surface area (Å²) >= 11 is 0. The summed E-state index contributed by atoms with van der Waals surface area (Å²) in [6, 6.07) is 6.15. The van der Waals surface area contributed by atoms with E-state index in [9.17, 15) is 18.0 Å². The van der Waals surface area contributed by atoms with Gasteiger partial charge in [-0.1, -0.05) is 17.7 Å². The minimum atomic E-state index is -3.70. The Bertz CT molecular complexity index is 904. The molecule has 0 aromatic heterocycles. The van der Waals surface area contributed by atoms with Gasteiger partial charge in [-0.3, -0.25) is 14.5 Å². The van der Waals surface area contributed by atoms with Gasteiger partial charge in [-0.05, 0) is 44.7 Å². The maximum absolute atomic E-state index is 13.2. The van der Waals surface area contributed by atoms with Crippen molar-refractivity contribution in [2.75, 3.05) is 52.4 Å². The maximum Gasteiger partial charge on any atom is 0.243 e. The number of nitrogens with zero attached hydrogens (tertiary/aromatic N) is 4. The Labute approximate surface area is 184 Å². The fourth-order valence-corrected chi connectivity index (χ4v) is 6.37. The number of aryl methyl sites for hydroxylation is 1. The Morgan fingerprint density at radius 1 is 0.871 bits per heavy atom. The Balaban J connectivity index is 1.35. The first kappa shape index (κ1) is 22.2. The lowest BCUT2D eigenvalue weighted by atomic mass is 10.2. The van der Waals surface area contributed by atoms with Crippen LogP contribution in [0.25, 0.3) is 0 Å². The minimum absolute atomic E-state index is 0.112. The predicted octanol–water partition coefficient (Wildman–Crippen LogP) is 0.915. The van der Waals surface area contributed by atoms with Crippen LogP contribution in [0.15, 0.2) is 29.2 Å². The van der Waals surface area contributed by atoms with Crippen molar-refractivity contribution >= 4 is 21.8 Å². The lowest BCUT2D eigenvalue weighted by molar-refractivity contribution is -0.137. The van der Waals surface area contributed by atoms with Crippen molar-refractivity contribution in [1.29, 1.82) is 0 Å². The maximum atomic E-state index is 13.2. The van der Waals surface area contributed by atoms with Crippen molar-refractivity contribution in [3.8, 4) is 0 Å². The summed E-state index contributed by atoms with van der Waals surface area (Å²) in [4.78, 5) is 31.6. The molecule has 0 aliphatic carbocycles. The number of hydrogen-bond acceptors (Lipinski definition) is 5. The quantitative estimate of drug-likeness (QED) is 0.669. The highest BCUT2D eigenvalue weighted by molar-refractivity contribution is 7.89. The summed E-state index contributed by atoms with van der Waals surface area (Å²) in [6.07, 6.45) is 3.40. The zero-order valence-corrected chi connectivity index (χ0v) is 19.0. The van der Waals surface area contributed by atoms with Crippen LogP contribution in [0, 0.1) is 6.92 Å². The van der Waals surface area contributed by atoms with Crippen molar-refractivity contribution < 1.29 is 18.0 Å². The number of rotatable bonds is 5. The van der Waals surface area contributed by atoms with E-state index in [1.54, 1.807) is 29.2 Å². The van der Waals surface area contributed by atoms with Gasteiger partial charge >= 0.3 is 0 Å². The number of amides is 2. The van der Waals surface area contributed by atoms with Gasteiger partial charge in [0.15, 0.2) is 0 Å². The Kier molecular flexibility index (Phi) is 6.64. The molecule has 2 amide bonds. The van der Waals surface area contributed by atoms with Gasteiger partial charge in [-0.15, -0.1) is 0 Å². The van der Waals surface area contributed by atoms with Crippen LogP contribution >= 0.6 is 0 Å². The molecule has 3 aliphatic heterocycles. The summed E-state index contributed by atoms with van der Waals surface area (Å²) in [5.41, 5.74) is 0.995. The SMILES string of the molecule is Cc1ccc(S(=O)(=O)N2CCCC2C(=O)N2CCN(CC(=O)N3CCCC3)CC2)cc1. The normalized spacial score (nSPS) is 23.5.